The molecule has 0 aliphatic heterocycles. The van der Waals surface area contributed by atoms with Gasteiger partial charge in [0, 0.05) is 11.8 Å². The van der Waals surface area contributed by atoms with E-state index in [1.54, 1.807) is 24.3 Å². The van der Waals surface area contributed by atoms with Crippen molar-refractivity contribution in [2.45, 2.75) is 18.7 Å². The Morgan fingerprint density at radius 1 is 1.09 bits per heavy atom. The van der Waals surface area contributed by atoms with Gasteiger partial charge in [0.1, 0.15) is 5.82 Å². The Morgan fingerprint density at radius 2 is 1.83 bits per heavy atom. The van der Waals surface area contributed by atoms with Crippen LogP contribution < -0.4 is 10.6 Å². The average Bonchev–Trinajstić information content (AvgIpc) is 2.49. The first kappa shape index (κ1) is 17.0. The summed E-state index contributed by atoms with van der Waals surface area (Å²) in [5.74, 6) is -0.835. The van der Waals surface area contributed by atoms with Crippen molar-refractivity contribution in [3.8, 4) is 0 Å². The van der Waals surface area contributed by atoms with Crippen LogP contribution in [0.25, 0.3) is 0 Å². The molecule has 2 aromatic carbocycles. The SMILES string of the molecule is CC(=O)Nc1ccccc1SCC(=O)Nc1cc(C)ccc1F. The van der Waals surface area contributed by atoms with E-state index in [1.165, 1.54) is 24.8 Å². The van der Waals surface area contributed by atoms with Crippen LogP contribution in [0.15, 0.2) is 47.4 Å². The number of benzene rings is 2. The molecule has 0 radical (unpaired) electrons. The molecule has 0 saturated carbocycles. The normalized spacial score (nSPS) is 10.2. The molecule has 0 saturated heterocycles. The number of hydrogen-bond donors (Lipinski definition) is 2. The van der Waals surface area contributed by atoms with Gasteiger partial charge in [-0.3, -0.25) is 9.59 Å². The molecule has 0 aromatic heterocycles. The van der Waals surface area contributed by atoms with Crippen LogP contribution in [-0.2, 0) is 9.59 Å². The van der Waals surface area contributed by atoms with E-state index in [9.17, 15) is 14.0 Å². The highest BCUT2D eigenvalue weighted by molar-refractivity contribution is 8.00. The summed E-state index contributed by atoms with van der Waals surface area (Å²) >= 11 is 1.28. The van der Waals surface area contributed by atoms with Crippen LogP contribution in [0.1, 0.15) is 12.5 Å². The number of hydrogen-bond acceptors (Lipinski definition) is 3. The molecule has 0 bridgehead atoms. The molecule has 120 valence electrons. The van der Waals surface area contributed by atoms with Gasteiger partial charge in [-0.25, -0.2) is 4.39 Å². The number of nitrogens with one attached hydrogen (secondary N) is 2. The van der Waals surface area contributed by atoms with E-state index in [1.807, 2.05) is 19.1 Å². The van der Waals surface area contributed by atoms with E-state index in [0.29, 0.717) is 5.69 Å². The predicted octanol–water partition coefficient (Wildman–Crippen LogP) is 3.82. The van der Waals surface area contributed by atoms with E-state index in [0.717, 1.165) is 10.5 Å². The summed E-state index contributed by atoms with van der Waals surface area (Å²) in [7, 11) is 0. The Labute approximate surface area is 138 Å². The quantitative estimate of drug-likeness (QED) is 0.818. The van der Waals surface area contributed by atoms with Crippen molar-refractivity contribution < 1.29 is 14.0 Å². The van der Waals surface area contributed by atoms with Gasteiger partial charge in [-0.15, -0.1) is 11.8 Å². The zero-order chi connectivity index (χ0) is 16.8. The maximum absolute atomic E-state index is 13.6. The second kappa shape index (κ2) is 7.78. The van der Waals surface area contributed by atoms with Crippen LogP contribution in [0.3, 0.4) is 0 Å². The monoisotopic (exact) mass is 332 g/mol. The van der Waals surface area contributed by atoms with Crippen LogP contribution in [0.4, 0.5) is 15.8 Å². The molecule has 2 N–H and O–H groups in total. The van der Waals surface area contributed by atoms with E-state index in [-0.39, 0.29) is 23.3 Å². The summed E-state index contributed by atoms with van der Waals surface area (Å²) in [4.78, 5) is 23.9. The van der Waals surface area contributed by atoms with Crippen molar-refractivity contribution in [1.29, 1.82) is 0 Å². The lowest BCUT2D eigenvalue weighted by atomic mass is 10.2. The van der Waals surface area contributed by atoms with Crippen molar-refractivity contribution in [3.63, 3.8) is 0 Å². The van der Waals surface area contributed by atoms with Crippen LogP contribution >= 0.6 is 11.8 Å². The van der Waals surface area contributed by atoms with Gasteiger partial charge in [-0.2, -0.15) is 0 Å². The summed E-state index contributed by atoms with van der Waals surface area (Å²) in [6.45, 7) is 3.25. The summed E-state index contributed by atoms with van der Waals surface area (Å²) < 4.78 is 13.6. The van der Waals surface area contributed by atoms with Gasteiger partial charge in [-0.05, 0) is 36.8 Å². The van der Waals surface area contributed by atoms with E-state index >= 15 is 0 Å². The van der Waals surface area contributed by atoms with Crippen molar-refractivity contribution in [2.24, 2.45) is 0 Å². The largest absolute Gasteiger partial charge is 0.325 e. The summed E-state index contributed by atoms with van der Waals surface area (Å²) in [6, 6.07) is 11.8. The third-order valence-electron chi connectivity index (χ3n) is 2.95. The maximum Gasteiger partial charge on any atom is 0.234 e. The first-order chi connectivity index (χ1) is 11.0. The minimum absolute atomic E-state index is 0.115. The van der Waals surface area contributed by atoms with E-state index < -0.39 is 5.82 Å². The molecule has 23 heavy (non-hydrogen) atoms. The highest BCUT2D eigenvalue weighted by Gasteiger charge is 2.10. The minimum Gasteiger partial charge on any atom is -0.325 e. The highest BCUT2D eigenvalue weighted by Crippen LogP contribution is 2.27. The zero-order valence-electron chi connectivity index (χ0n) is 12.9. The Bertz CT molecular complexity index is 734. The number of amides is 2. The lowest BCUT2D eigenvalue weighted by Gasteiger charge is -2.10. The molecule has 0 aliphatic rings. The van der Waals surface area contributed by atoms with Gasteiger partial charge < -0.3 is 10.6 Å². The number of halogens is 1. The Balaban J connectivity index is 1.99. The lowest BCUT2D eigenvalue weighted by molar-refractivity contribution is -0.114. The number of thioether (sulfide) groups is 1. The third-order valence-corrected chi connectivity index (χ3v) is 4.03. The van der Waals surface area contributed by atoms with Crippen LogP contribution in [0.2, 0.25) is 0 Å². The summed E-state index contributed by atoms with van der Waals surface area (Å²) in [5, 5.41) is 5.27. The molecular weight excluding hydrogens is 315 g/mol. The molecule has 0 unspecified atom stereocenters. The number of rotatable bonds is 5. The standard InChI is InChI=1S/C17H17FN2O2S/c1-11-7-8-13(18)15(9-11)20-17(22)10-23-16-6-4-3-5-14(16)19-12(2)21/h3-9H,10H2,1-2H3,(H,19,21)(H,20,22). The highest BCUT2D eigenvalue weighted by atomic mass is 32.2. The molecule has 0 spiro atoms. The Morgan fingerprint density at radius 3 is 2.57 bits per heavy atom. The molecule has 2 aromatic rings. The number of carbonyl (C=O) groups is 2. The van der Waals surface area contributed by atoms with Gasteiger partial charge in [0.05, 0.1) is 17.1 Å². The molecule has 2 rings (SSSR count). The fraction of sp³-hybridized carbons (Fsp3) is 0.176. The van der Waals surface area contributed by atoms with Crippen molar-refractivity contribution >= 4 is 35.0 Å². The molecular formula is C17H17FN2O2S. The van der Waals surface area contributed by atoms with Crippen molar-refractivity contribution in [2.75, 3.05) is 16.4 Å². The van der Waals surface area contributed by atoms with Gasteiger partial charge in [0.25, 0.3) is 0 Å². The number of aryl methyl sites for hydroxylation is 1. The first-order valence-electron chi connectivity index (χ1n) is 7.01. The molecule has 0 atom stereocenters. The Kier molecular flexibility index (Phi) is 5.76. The topological polar surface area (TPSA) is 58.2 Å². The second-order valence-electron chi connectivity index (χ2n) is 5.00. The maximum atomic E-state index is 13.6. The number of carbonyl (C=O) groups excluding carboxylic acids is 2. The van der Waals surface area contributed by atoms with Gasteiger partial charge in [0.15, 0.2) is 0 Å². The van der Waals surface area contributed by atoms with Gasteiger partial charge in [0.2, 0.25) is 11.8 Å². The van der Waals surface area contributed by atoms with Gasteiger partial charge in [-0.1, -0.05) is 18.2 Å². The van der Waals surface area contributed by atoms with Crippen molar-refractivity contribution in [1.82, 2.24) is 0 Å². The molecule has 2 amide bonds. The smallest absolute Gasteiger partial charge is 0.234 e. The lowest BCUT2D eigenvalue weighted by Crippen LogP contribution is -2.15. The van der Waals surface area contributed by atoms with Crippen LogP contribution in [-0.4, -0.2) is 17.6 Å². The van der Waals surface area contributed by atoms with E-state index in [2.05, 4.69) is 10.6 Å². The average molecular weight is 332 g/mol. The predicted molar refractivity (Wildman–Crippen MR) is 91.2 cm³/mol. The number of anilines is 2. The molecule has 0 aliphatic carbocycles. The number of para-hydroxylation sites is 1. The fourth-order valence-corrected chi connectivity index (χ4v) is 2.76. The summed E-state index contributed by atoms with van der Waals surface area (Å²) in [6.07, 6.45) is 0. The molecule has 4 nitrogen and oxygen atoms in total. The summed E-state index contributed by atoms with van der Waals surface area (Å²) in [5.41, 5.74) is 1.69. The van der Waals surface area contributed by atoms with Crippen LogP contribution in [0.5, 0.6) is 0 Å². The van der Waals surface area contributed by atoms with Crippen molar-refractivity contribution in [3.05, 3.63) is 53.8 Å². The Hall–Kier alpha value is -2.34. The second-order valence-corrected chi connectivity index (χ2v) is 6.01. The zero-order valence-corrected chi connectivity index (χ0v) is 13.7. The van der Waals surface area contributed by atoms with Gasteiger partial charge >= 0.3 is 0 Å². The molecule has 0 heterocycles. The first-order valence-corrected chi connectivity index (χ1v) is 7.99. The minimum atomic E-state index is -0.465. The van der Waals surface area contributed by atoms with Crippen LogP contribution in [0, 0.1) is 12.7 Å². The van der Waals surface area contributed by atoms with E-state index in [4.69, 9.17) is 0 Å². The third kappa shape index (κ3) is 5.10. The molecule has 6 heteroatoms. The molecule has 0 fully saturated rings. The fourth-order valence-electron chi connectivity index (χ4n) is 1.95.